The fourth-order valence-corrected chi connectivity index (χ4v) is 3.71. The van der Waals surface area contributed by atoms with Crippen molar-refractivity contribution in [3.8, 4) is 6.07 Å². The maximum atomic E-state index is 8.92. The van der Waals surface area contributed by atoms with Crippen LogP contribution in [0.1, 0.15) is 64.7 Å². The zero-order valence-corrected chi connectivity index (χ0v) is 10.6. The Labute approximate surface area is 100 Å². The standard InChI is InChI=1S/C15H25N/c1-12-3-2-4-14(8-5-12)15-9-6-13(11-16)7-10-15/h12-15H,2-10H2,1H3. The van der Waals surface area contributed by atoms with E-state index >= 15 is 0 Å². The first-order valence-corrected chi connectivity index (χ1v) is 7.19. The highest BCUT2D eigenvalue weighted by molar-refractivity contribution is 4.89. The second-order valence-electron chi connectivity index (χ2n) is 6.11. The van der Waals surface area contributed by atoms with Gasteiger partial charge in [0.15, 0.2) is 0 Å². The molecule has 0 spiro atoms. The average Bonchev–Trinajstić information content (AvgIpc) is 2.54. The van der Waals surface area contributed by atoms with Gasteiger partial charge in [0, 0.05) is 5.92 Å². The Hall–Kier alpha value is -0.510. The molecular weight excluding hydrogens is 194 g/mol. The highest BCUT2D eigenvalue weighted by Gasteiger charge is 2.28. The van der Waals surface area contributed by atoms with Gasteiger partial charge in [-0.1, -0.05) is 32.6 Å². The van der Waals surface area contributed by atoms with Crippen molar-refractivity contribution < 1.29 is 0 Å². The van der Waals surface area contributed by atoms with E-state index in [1.807, 2.05) is 0 Å². The summed E-state index contributed by atoms with van der Waals surface area (Å²) in [5.41, 5.74) is 0. The predicted octanol–water partition coefficient (Wildman–Crippen LogP) is 4.53. The lowest BCUT2D eigenvalue weighted by Gasteiger charge is -2.31. The summed E-state index contributed by atoms with van der Waals surface area (Å²) in [5, 5.41) is 8.92. The van der Waals surface area contributed by atoms with Crippen molar-refractivity contribution >= 4 is 0 Å². The highest BCUT2D eigenvalue weighted by Crippen LogP contribution is 2.39. The van der Waals surface area contributed by atoms with Crippen LogP contribution in [0.25, 0.3) is 0 Å². The number of hydrogen-bond acceptors (Lipinski definition) is 1. The minimum absolute atomic E-state index is 0.376. The van der Waals surface area contributed by atoms with Gasteiger partial charge in [0.1, 0.15) is 0 Å². The van der Waals surface area contributed by atoms with Crippen LogP contribution in [0, 0.1) is 35.0 Å². The van der Waals surface area contributed by atoms with Gasteiger partial charge >= 0.3 is 0 Å². The summed E-state index contributed by atoms with van der Waals surface area (Å²) in [5.74, 6) is 3.28. The quantitative estimate of drug-likeness (QED) is 0.594. The molecule has 0 N–H and O–H groups in total. The third-order valence-electron chi connectivity index (χ3n) is 4.92. The summed E-state index contributed by atoms with van der Waals surface area (Å²) < 4.78 is 0. The Morgan fingerprint density at radius 2 is 1.44 bits per heavy atom. The molecule has 2 aliphatic rings. The third kappa shape index (κ3) is 3.00. The fourth-order valence-electron chi connectivity index (χ4n) is 3.71. The molecule has 1 heteroatoms. The van der Waals surface area contributed by atoms with Crippen molar-refractivity contribution in [2.24, 2.45) is 23.7 Å². The lowest BCUT2D eigenvalue weighted by molar-refractivity contribution is 0.206. The van der Waals surface area contributed by atoms with E-state index < -0.39 is 0 Å². The summed E-state index contributed by atoms with van der Waals surface area (Å²) >= 11 is 0. The number of hydrogen-bond donors (Lipinski definition) is 0. The van der Waals surface area contributed by atoms with Gasteiger partial charge in [0.05, 0.1) is 6.07 Å². The largest absolute Gasteiger partial charge is 0.198 e. The van der Waals surface area contributed by atoms with Crippen LogP contribution in [0.2, 0.25) is 0 Å². The minimum Gasteiger partial charge on any atom is -0.198 e. The van der Waals surface area contributed by atoms with Crippen molar-refractivity contribution in [3.05, 3.63) is 0 Å². The summed E-state index contributed by atoms with van der Waals surface area (Å²) in [4.78, 5) is 0. The van der Waals surface area contributed by atoms with Gasteiger partial charge in [0.2, 0.25) is 0 Å². The Balaban J connectivity index is 1.82. The maximum Gasteiger partial charge on any atom is 0.0655 e. The fraction of sp³-hybridized carbons (Fsp3) is 0.933. The summed E-state index contributed by atoms with van der Waals surface area (Å²) in [6.45, 7) is 2.41. The summed E-state index contributed by atoms with van der Waals surface area (Å²) in [6, 6.07) is 2.45. The van der Waals surface area contributed by atoms with E-state index in [1.54, 1.807) is 0 Å². The zero-order valence-electron chi connectivity index (χ0n) is 10.6. The van der Waals surface area contributed by atoms with E-state index in [4.69, 9.17) is 5.26 Å². The second kappa shape index (κ2) is 5.71. The van der Waals surface area contributed by atoms with Crippen LogP contribution in [0.5, 0.6) is 0 Å². The molecule has 0 amide bonds. The molecule has 2 rings (SSSR count). The topological polar surface area (TPSA) is 23.8 Å². The smallest absolute Gasteiger partial charge is 0.0655 e. The van der Waals surface area contributed by atoms with Crippen molar-refractivity contribution in [1.29, 1.82) is 5.26 Å². The van der Waals surface area contributed by atoms with Crippen molar-refractivity contribution in [2.75, 3.05) is 0 Å². The van der Waals surface area contributed by atoms with Crippen LogP contribution in [-0.4, -0.2) is 0 Å². The molecule has 0 aromatic heterocycles. The van der Waals surface area contributed by atoms with Gasteiger partial charge in [-0.2, -0.15) is 5.26 Å². The van der Waals surface area contributed by atoms with E-state index in [-0.39, 0.29) is 0 Å². The normalized spacial score (nSPS) is 41.0. The molecule has 2 saturated carbocycles. The highest BCUT2D eigenvalue weighted by atomic mass is 14.4. The Morgan fingerprint density at radius 3 is 2.12 bits per heavy atom. The van der Waals surface area contributed by atoms with Crippen LogP contribution >= 0.6 is 0 Å². The molecule has 0 aromatic rings. The Bertz CT molecular complexity index is 245. The first-order chi connectivity index (χ1) is 7.79. The van der Waals surface area contributed by atoms with Gasteiger partial charge < -0.3 is 0 Å². The lowest BCUT2D eigenvalue weighted by atomic mass is 9.74. The molecule has 0 radical (unpaired) electrons. The van der Waals surface area contributed by atoms with Crippen LogP contribution in [0.4, 0.5) is 0 Å². The molecule has 0 aromatic carbocycles. The monoisotopic (exact) mass is 219 g/mol. The van der Waals surface area contributed by atoms with E-state index in [1.165, 1.54) is 57.8 Å². The third-order valence-corrected chi connectivity index (χ3v) is 4.92. The second-order valence-corrected chi connectivity index (χ2v) is 6.11. The lowest BCUT2D eigenvalue weighted by Crippen LogP contribution is -2.21. The average molecular weight is 219 g/mol. The molecule has 0 bridgehead atoms. The first-order valence-electron chi connectivity index (χ1n) is 7.19. The molecule has 2 unspecified atom stereocenters. The Morgan fingerprint density at radius 1 is 0.812 bits per heavy atom. The number of nitriles is 1. The zero-order chi connectivity index (χ0) is 11.4. The molecule has 16 heavy (non-hydrogen) atoms. The molecule has 0 heterocycles. The van der Waals surface area contributed by atoms with Crippen LogP contribution in [0.3, 0.4) is 0 Å². The van der Waals surface area contributed by atoms with Gasteiger partial charge in [-0.05, 0) is 49.9 Å². The SMILES string of the molecule is CC1CCCC(C2CCC(C#N)CC2)CC1. The van der Waals surface area contributed by atoms with E-state index in [2.05, 4.69) is 13.0 Å². The van der Waals surface area contributed by atoms with Gasteiger partial charge in [-0.25, -0.2) is 0 Å². The summed E-state index contributed by atoms with van der Waals surface area (Å²) in [7, 11) is 0. The van der Waals surface area contributed by atoms with Crippen molar-refractivity contribution in [2.45, 2.75) is 64.7 Å². The molecule has 2 atom stereocenters. The molecule has 0 saturated heterocycles. The molecule has 1 nitrogen and oxygen atoms in total. The molecular formula is C15H25N. The van der Waals surface area contributed by atoms with E-state index in [0.717, 1.165) is 17.8 Å². The molecule has 2 aliphatic carbocycles. The maximum absolute atomic E-state index is 8.92. The Kier molecular flexibility index (Phi) is 4.27. The molecule has 90 valence electrons. The van der Waals surface area contributed by atoms with Crippen molar-refractivity contribution in [1.82, 2.24) is 0 Å². The van der Waals surface area contributed by atoms with E-state index in [9.17, 15) is 0 Å². The van der Waals surface area contributed by atoms with Crippen molar-refractivity contribution in [3.63, 3.8) is 0 Å². The summed E-state index contributed by atoms with van der Waals surface area (Å²) in [6.07, 6.45) is 12.3. The molecule has 2 fully saturated rings. The number of nitrogens with zero attached hydrogens (tertiary/aromatic N) is 1. The predicted molar refractivity (Wildman–Crippen MR) is 66.8 cm³/mol. The van der Waals surface area contributed by atoms with Crippen LogP contribution < -0.4 is 0 Å². The van der Waals surface area contributed by atoms with Gasteiger partial charge in [-0.15, -0.1) is 0 Å². The number of rotatable bonds is 1. The van der Waals surface area contributed by atoms with Crippen LogP contribution in [0.15, 0.2) is 0 Å². The first kappa shape index (κ1) is 12.0. The van der Waals surface area contributed by atoms with Gasteiger partial charge in [0.25, 0.3) is 0 Å². The van der Waals surface area contributed by atoms with Crippen LogP contribution in [-0.2, 0) is 0 Å². The van der Waals surface area contributed by atoms with Gasteiger partial charge in [-0.3, -0.25) is 0 Å². The van der Waals surface area contributed by atoms with E-state index in [0.29, 0.717) is 5.92 Å². The molecule has 0 aliphatic heterocycles. The minimum atomic E-state index is 0.376.